The third-order valence-corrected chi connectivity index (χ3v) is 4.97. The highest BCUT2D eigenvalue weighted by Crippen LogP contribution is 2.43. The number of fused-ring (bicyclic) bond motifs is 3. The number of benzene rings is 1. The lowest BCUT2D eigenvalue weighted by Crippen LogP contribution is -2.46. The second-order valence-corrected chi connectivity index (χ2v) is 6.29. The SMILES string of the molecule is Fc1cccc2c1C1(CC2)Cc2nc(Cl)nc(Cl)c2CN1. The summed E-state index contributed by atoms with van der Waals surface area (Å²) in [5, 5.41) is 3.98. The van der Waals surface area contributed by atoms with Gasteiger partial charge in [0, 0.05) is 24.1 Å². The first-order valence-electron chi connectivity index (χ1n) is 6.83. The number of rotatable bonds is 0. The molecule has 3 nitrogen and oxygen atoms in total. The smallest absolute Gasteiger partial charge is 0.224 e. The molecule has 1 atom stereocenters. The molecule has 0 fully saturated rings. The molecule has 2 heterocycles. The Labute approximate surface area is 131 Å². The quantitative estimate of drug-likeness (QED) is 0.596. The molecule has 2 aliphatic rings. The third kappa shape index (κ3) is 1.97. The minimum atomic E-state index is -0.408. The van der Waals surface area contributed by atoms with Gasteiger partial charge in [0.05, 0.1) is 11.2 Å². The fourth-order valence-electron chi connectivity index (χ4n) is 3.54. The number of halogens is 3. The van der Waals surface area contributed by atoms with Crippen LogP contribution in [0, 0.1) is 5.82 Å². The van der Waals surface area contributed by atoms with E-state index in [1.165, 1.54) is 6.07 Å². The van der Waals surface area contributed by atoms with Crippen molar-refractivity contribution in [2.45, 2.75) is 31.3 Å². The van der Waals surface area contributed by atoms with Crippen LogP contribution in [0.15, 0.2) is 18.2 Å². The van der Waals surface area contributed by atoms with Gasteiger partial charge in [-0.2, -0.15) is 0 Å². The summed E-state index contributed by atoms with van der Waals surface area (Å²) < 4.78 is 14.3. The molecule has 1 spiro atoms. The molecule has 6 heteroatoms. The molecule has 0 saturated heterocycles. The summed E-state index contributed by atoms with van der Waals surface area (Å²) in [6.07, 6.45) is 2.29. The van der Waals surface area contributed by atoms with Gasteiger partial charge >= 0.3 is 0 Å². The maximum atomic E-state index is 14.3. The average Bonchev–Trinajstić information content (AvgIpc) is 2.78. The Bertz CT molecular complexity index is 750. The van der Waals surface area contributed by atoms with Gasteiger partial charge in [0.25, 0.3) is 0 Å². The third-order valence-electron chi connectivity index (χ3n) is 4.49. The molecule has 4 rings (SSSR count). The van der Waals surface area contributed by atoms with E-state index < -0.39 is 5.54 Å². The molecule has 0 amide bonds. The van der Waals surface area contributed by atoms with Gasteiger partial charge in [-0.3, -0.25) is 0 Å². The van der Waals surface area contributed by atoms with Crippen molar-refractivity contribution in [3.63, 3.8) is 0 Å². The highest BCUT2D eigenvalue weighted by Gasteiger charge is 2.44. The van der Waals surface area contributed by atoms with Crippen molar-refractivity contribution in [3.05, 3.63) is 56.8 Å². The predicted molar refractivity (Wildman–Crippen MR) is 79.0 cm³/mol. The highest BCUT2D eigenvalue weighted by atomic mass is 35.5. The van der Waals surface area contributed by atoms with E-state index in [2.05, 4.69) is 15.3 Å². The van der Waals surface area contributed by atoms with Gasteiger partial charge in [0.1, 0.15) is 11.0 Å². The maximum absolute atomic E-state index is 14.3. The molecule has 0 radical (unpaired) electrons. The van der Waals surface area contributed by atoms with E-state index in [1.54, 1.807) is 6.07 Å². The lowest BCUT2D eigenvalue weighted by atomic mass is 9.82. The lowest BCUT2D eigenvalue weighted by Gasteiger charge is -2.36. The van der Waals surface area contributed by atoms with Crippen molar-refractivity contribution in [2.24, 2.45) is 0 Å². The first-order chi connectivity index (χ1) is 10.1. The molecular formula is C15H12Cl2FN3. The molecule has 1 aromatic heterocycles. The summed E-state index contributed by atoms with van der Waals surface area (Å²) in [6, 6.07) is 5.27. The van der Waals surface area contributed by atoms with E-state index in [9.17, 15) is 4.39 Å². The zero-order valence-electron chi connectivity index (χ0n) is 11.1. The molecule has 108 valence electrons. The predicted octanol–water partition coefficient (Wildman–Crippen LogP) is 3.41. The van der Waals surface area contributed by atoms with Crippen molar-refractivity contribution >= 4 is 23.2 Å². The molecule has 21 heavy (non-hydrogen) atoms. The Balaban J connectivity index is 1.84. The summed E-state index contributed by atoms with van der Waals surface area (Å²) in [6.45, 7) is 0.527. The van der Waals surface area contributed by atoms with Crippen molar-refractivity contribution < 1.29 is 4.39 Å². The van der Waals surface area contributed by atoms with Crippen LogP contribution in [-0.4, -0.2) is 9.97 Å². The summed E-state index contributed by atoms with van der Waals surface area (Å²) >= 11 is 12.0. The van der Waals surface area contributed by atoms with Crippen LogP contribution in [0.2, 0.25) is 10.4 Å². The second-order valence-electron chi connectivity index (χ2n) is 5.60. The Morgan fingerprint density at radius 2 is 2.10 bits per heavy atom. The van der Waals surface area contributed by atoms with Gasteiger partial charge in [-0.05, 0) is 36.1 Å². The Hall–Kier alpha value is -1.23. The van der Waals surface area contributed by atoms with Crippen LogP contribution in [0.5, 0.6) is 0 Å². The zero-order valence-corrected chi connectivity index (χ0v) is 12.6. The number of hydrogen-bond acceptors (Lipinski definition) is 3. The Morgan fingerprint density at radius 1 is 1.24 bits per heavy atom. The van der Waals surface area contributed by atoms with E-state index >= 15 is 0 Å². The molecular weight excluding hydrogens is 312 g/mol. The molecule has 0 saturated carbocycles. The lowest BCUT2D eigenvalue weighted by molar-refractivity contribution is 0.293. The standard InChI is InChI=1S/C15H12Cl2FN3/c16-13-9-7-19-15(6-11(9)20-14(17)21-13)5-4-8-2-1-3-10(18)12(8)15/h1-3,19H,4-7H2. The Morgan fingerprint density at radius 3 is 2.95 bits per heavy atom. The highest BCUT2D eigenvalue weighted by molar-refractivity contribution is 6.32. The average molecular weight is 324 g/mol. The van der Waals surface area contributed by atoms with Crippen molar-refractivity contribution in [2.75, 3.05) is 0 Å². The number of aromatic nitrogens is 2. The molecule has 2 aromatic rings. The molecule has 1 aromatic carbocycles. The fourth-order valence-corrected chi connectivity index (χ4v) is 4.02. The number of nitrogens with one attached hydrogen (secondary N) is 1. The van der Waals surface area contributed by atoms with E-state index in [0.717, 1.165) is 35.2 Å². The van der Waals surface area contributed by atoms with Crippen LogP contribution in [0.1, 0.15) is 28.8 Å². The molecule has 1 aliphatic carbocycles. The fraction of sp³-hybridized carbons (Fsp3) is 0.333. The van der Waals surface area contributed by atoms with Crippen LogP contribution in [0.4, 0.5) is 4.39 Å². The normalized spacial score (nSPS) is 23.2. The summed E-state index contributed by atoms with van der Waals surface area (Å²) in [4.78, 5) is 8.27. The molecule has 1 N–H and O–H groups in total. The molecule has 0 bridgehead atoms. The number of aryl methyl sites for hydroxylation is 1. The van der Waals surface area contributed by atoms with Crippen molar-refractivity contribution in [1.82, 2.24) is 15.3 Å². The van der Waals surface area contributed by atoms with Crippen molar-refractivity contribution in [3.8, 4) is 0 Å². The Kier molecular flexibility index (Phi) is 2.96. The van der Waals surface area contributed by atoms with Gasteiger partial charge in [-0.1, -0.05) is 23.7 Å². The molecule has 1 unspecified atom stereocenters. The van der Waals surface area contributed by atoms with Crippen LogP contribution >= 0.6 is 23.2 Å². The van der Waals surface area contributed by atoms with Gasteiger partial charge in [0.2, 0.25) is 5.28 Å². The monoisotopic (exact) mass is 323 g/mol. The topological polar surface area (TPSA) is 37.8 Å². The first-order valence-corrected chi connectivity index (χ1v) is 7.58. The van der Waals surface area contributed by atoms with Gasteiger partial charge < -0.3 is 5.32 Å². The summed E-state index contributed by atoms with van der Waals surface area (Å²) in [5.74, 6) is -0.160. The van der Waals surface area contributed by atoms with Crippen LogP contribution in [0.3, 0.4) is 0 Å². The maximum Gasteiger partial charge on any atom is 0.224 e. The summed E-state index contributed by atoms with van der Waals surface area (Å²) in [5.41, 5.74) is 3.10. The second kappa shape index (κ2) is 4.63. The van der Waals surface area contributed by atoms with E-state index in [-0.39, 0.29) is 11.1 Å². The minimum Gasteiger partial charge on any atom is -0.303 e. The van der Waals surface area contributed by atoms with Crippen molar-refractivity contribution in [1.29, 1.82) is 0 Å². The van der Waals surface area contributed by atoms with Gasteiger partial charge in [-0.15, -0.1) is 0 Å². The number of nitrogens with zero attached hydrogens (tertiary/aromatic N) is 2. The van der Waals surface area contributed by atoms with E-state index in [4.69, 9.17) is 23.2 Å². The largest absolute Gasteiger partial charge is 0.303 e. The zero-order chi connectivity index (χ0) is 14.6. The number of hydrogen-bond donors (Lipinski definition) is 1. The van der Waals surface area contributed by atoms with Crippen LogP contribution < -0.4 is 5.32 Å². The van der Waals surface area contributed by atoms with Gasteiger partial charge in [0.15, 0.2) is 0 Å². The van der Waals surface area contributed by atoms with Gasteiger partial charge in [-0.25, -0.2) is 14.4 Å². The van der Waals surface area contributed by atoms with Crippen LogP contribution in [0.25, 0.3) is 0 Å². The molecule has 1 aliphatic heterocycles. The minimum absolute atomic E-state index is 0.141. The van der Waals surface area contributed by atoms with E-state index in [0.29, 0.717) is 18.1 Å². The van der Waals surface area contributed by atoms with Crippen LogP contribution in [-0.2, 0) is 24.9 Å². The first kappa shape index (κ1) is 13.4. The van der Waals surface area contributed by atoms with E-state index in [1.807, 2.05) is 6.07 Å². The summed E-state index contributed by atoms with van der Waals surface area (Å²) in [7, 11) is 0.